The molecule has 0 aromatic heterocycles. The Morgan fingerprint density at radius 3 is 0.522 bits per heavy atom. The van der Waals surface area contributed by atoms with Crippen molar-refractivity contribution in [1.29, 1.82) is 0 Å². The predicted octanol–water partition coefficient (Wildman–Crippen LogP) is 22.6. The Kier molecular flexibility index (Phi) is 21.0. The minimum Gasteiger partial charge on any atom is -0.311 e. The number of nitrogens with zero attached hydrogens (tertiary/aromatic N) is 6. The third-order valence-corrected chi connectivity index (χ3v) is 44.9. The first kappa shape index (κ1) is 89.4. The highest BCUT2D eigenvalue weighted by Crippen LogP contribution is 2.53. The summed E-state index contributed by atoms with van der Waals surface area (Å²) in [6, 6.07) is 120. The van der Waals surface area contributed by atoms with Crippen molar-refractivity contribution in [3.05, 3.63) is 336 Å². The maximum atomic E-state index is 2.76. The SMILES string of the molecule is Cc1ccc(N2c3ccc(C(C)(c4ccc5c(c4)B4c6cc([Si](C)(C)C)ccc6N(c6ccc(C)cc6)c6cc(C)cc(c64)N5c4ccc([Si](C)(C)C)cc4)c4ccc5c(c4)B4c6cc([Si](C)(C)C)ccc6N(c6ccc([Si](C)(C)C)cc6)c6cc(C)cc(c64)N5c4ccc([Si](C)(C)C)cc4)cc3B3c4cc([Si](C)(C)C)ccc4N(c4ccc([Si](C)(C)C)cc4)c4cc(C)cc2c43)cc1. The van der Waals surface area contributed by atoms with Crippen molar-refractivity contribution in [2.24, 2.45) is 0 Å². The Morgan fingerprint density at radius 1 is 0.172 bits per heavy atom. The Morgan fingerprint density at radius 2 is 0.336 bits per heavy atom. The number of aryl methyl sites for hydroxylation is 5. The van der Waals surface area contributed by atoms with E-state index in [1.807, 2.05) is 0 Å². The lowest BCUT2D eigenvalue weighted by atomic mass is 9.32. The summed E-state index contributed by atoms with van der Waals surface area (Å²) in [5.74, 6) is 0. The molecule has 0 spiro atoms. The lowest BCUT2D eigenvalue weighted by molar-refractivity contribution is 0.694. The monoisotopic (exact) mass is 1860 g/mol. The van der Waals surface area contributed by atoms with Gasteiger partial charge >= 0.3 is 0 Å². The molecule has 134 heavy (non-hydrogen) atoms. The van der Waals surface area contributed by atoms with E-state index >= 15 is 0 Å². The van der Waals surface area contributed by atoms with E-state index in [2.05, 4.69) is 500 Å². The Labute approximate surface area is 807 Å². The molecule has 15 aromatic carbocycles. The van der Waals surface area contributed by atoms with Gasteiger partial charge in [0.2, 0.25) is 0 Å². The molecule has 0 amide bonds. The molecule has 0 bridgehead atoms. The second-order valence-corrected chi connectivity index (χ2v) is 82.9. The van der Waals surface area contributed by atoms with E-state index in [0.717, 1.165) is 5.69 Å². The zero-order valence-electron chi connectivity index (χ0n) is 84.1. The van der Waals surface area contributed by atoms with Crippen molar-refractivity contribution < 1.29 is 0 Å². The molecule has 0 saturated carbocycles. The minimum atomic E-state index is -1.98. The number of hydrogen-bond donors (Lipinski definition) is 0. The van der Waals surface area contributed by atoms with Crippen molar-refractivity contribution in [2.75, 3.05) is 29.4 Å². The topological polar surface area (TPSA) is 19.4 Å². The first-order chi connectivity index (χ1) is 63.3. The molecule has 668 valence electrons. The molecule has 6 nitrogen and oxygen atoms in total. The van der Waals surface area contributed by atoms with Crippen LogP contribution in [0.5, 0.6) is 0 Å². The van der Waals surface area contributed by atoms with Crippen LogP contribution in [0.15, 0.2) is 291 Å². The van der Waals surface area contributed by atoms with Crippen LogP contribution in [0.1, 0.15) is 51.4 Å². The molecule has 15 aromatic rings. The fourth-order valence-corrected chi connectivity index (χ4v) is 30.9. The van der Waals surface area contributed by atoms with Crippen molar-refractivity contribution >= 4 is 265 Å². The summed E-state index contributed by atoms with van der Waals surface area (Å²) in [5, 5.41) is 10.2. The molecule has 1 atom stereocenters. The predicted molar refractivity (Wildman–Crippen MR) is 611 cm³/mol. The number of hydrogen-bond acceptors (Lipinski definition) is 6. The number of benzene rings is 15. The van der Waals surface area contributed by atoms with Crippen molar-refractivity contribution in [2.45, 2.75) is 184 Å². The van der Waals surface area contributed by atoms with Gasteiger partial charge in [-0.1, -0.05) is 331 Å². The highest BCUT2D eigenvalue weighted by Gasteiger charge is 2.51. The highest BCUT2D eigenvalue weighted by molar-refractivity contribution is 7.03. The van der Waals surface area contributed by atoms with Gasteiger partial charge in [0.25, 0.3) is 20.1 Å². The van der Waals surface area contributed by atoms with Crippen LogP contribution < -0.4 is 115 Å². The summed E-state index contributed by atoms with van der Waals surface area (Å²) >= 11 is 0. The number of rotatable bonds is 16. The van der Waals surface area contributed by atoms with E-state index in [1.54, 1.807) is 0 Å². The van der Waals surface area contributed by atoms with Crippen molar-refractivity contribution in [3.8, 4) is 0 Å². The molecule has 1 unspecified atom stereocenters. The van der Waals surface area contributed by atoms with E-state index in [4.69, 9.17) is 0 Å². The Hall–Kier alpha value is -11.2. The molecular formula is C118H129B3N6Si7. The van der Waals surface area contributed by atoms with Gasteiger partial charge in [-0.05, 0) is 270 Å². The smallest absolute Gasteiger partial charge is 0.252 e. The van der Waals surface area contributed by atoms with Crippen LogP contribution in [0.3, 0.4) is 0 Å². The fourth-order valence-electron chi connectivity index (χ4n) is 22.8. The summed E-state index contributed by atoms with van der Waals surface area (Å²) in [6.07, 6.45) is 0. The fraction of sp³-hybridized carbons (Fsp3) is 0.237. The maximum absolute atomic E-state index is 2.76. The molecule has 0 aliphatic carbocycles. The van der Waals surface area contributed by atoms with Gasteiger partial charge in [-0.15, -0.1) is 0 Å². The summed E-state index contributed by atoms with van der Waals surface area (Å²) in [7, 11) is -12.7. The maximum Gasteiger partial charge on any atom is 0.252 e. The molecule has 6 aliphatic rings. The zero-order valence-corrected chi connectivity index (χ0v) is 91.1. The van der Waals surface area contributed by atoms with E-state index in [0.29, 0.717) is 0 Å². The van der Waals surface area contributed by atoms with Crippen LogP contribution in [0.2, 0.25) is 137 Å². The van der Waals surface area contributed by atoms with Crippen molar-refractivity contribution in [3.63, 3.8) is 0 Å². The van der Waals surface area contributed by atoms with Crippen molar-refractivity contribution in [1.82, 2.24) is 0 Å². The first-order valence-corrected chi connectivity index (χ1v) is 73.4. The van der Waals surface area contributed by atoms with Crippen LogP contribution in [-0.4, -0.2) is 76.7 Å². The summed E-state index contributed by atoms with van der Waals surface area (Å²) in [6.45, 7) is 66.1. The van der Waals surface area contributed by atoms with Gasteiger partial charge < -0.3 is 29.4 Å². The number of fused-ring (bicyclic) bond motifs is 12. The van der Waals surface area contributed by atoms with Crippen LogP contribution >= 0.6 is 0 Å². The largest absolute Gasteiger partial charge is 0.311 e. The van der Waals surface area contributed by atoms with E-state index in [1.165, 1.54) is 227 Å². The molecule has 0 saturated heterocycles. The average molecular weight is 1860 g/mol. The normalized spacial score (nSPS) is 14.8. The van der Waals surface area contributed by atoms with Crippen LogP contribution in [-0.2, 0) is 5.41 Å². The standard InChI is InChI=1S/C118H129B3N6Si7/c1-76-28-35-84(36-29-76)122-103-58-32-81(70-97(103)119-101-74-95(133(22,23)24)56-62-107(101)126(113-68-78(3)64-109(122)115(113)119)88-43-51-92(52-44-88)130(13,14)15)118(6,82-33-59-104-98(71-82)120-100-73-94(132(19,20)21)55-61-106(100)123(85-37-30-77(2)31-38-85)110-65-79(4)66-111(116(110)120)124(104)86-39-47-90(48-40-86)128(7,8)9)83-34-60-105-99(72-83)121-102-75-96(134(25,26)27)57-63-108(102)127(89-45-53-93(54-46-89)131(16,17)18)114-69-80(5)67-112(117(114)121)125(105)87-41-49-91(50-42-87)129(10,11)12/h28-75H,1-27H3. The van der Waals surface area contributed by atoms with Gasteiger partial charge in [-0.25, -0.2) is 0 Å². The lowest BCUT2D eigenvalue weighted by Crippen LogP contribution is -2.63. The van der Waals surface area contributed by atoms with Crippen LogP contribution in [0, 0.1) is 34.6 Å². The van der Waals surface area contributed by atoms with Gasteiger partial charge in [0, 0.05) is 108 Å². The van der Waals surface area contributed by atoms with Crippen LogP contribution in [0.25, 0.3) is 0 Å². The summed E-state index contributed by atoms with van der Waals surface area (Å²) in [5.41, 5.74) is 42.9. The molecule has 0 fully saturated rings. The number of anilines is 18. The van der Waals surface area contributed by atoms with E-state index in [-0.39, 0.29) is 20.1 Å². The van der Waals surface area contributed by atoms with Gasteiger partial charge in [-0.2, -0.15) is 0 Å². The Balaban J connectivity index is 0.887. The van der Waals surface area contributed by atoms with E-state index < -0.39 is 61.9 Å². The first-order valence-electron chi connectivity index (χ1n) is 48.9. The lowest BCUT2D eigenvalue weighted by Gasteiger charge is -2.46. The van der Waals surface area contributed by atoms with Gasteiger partial charge in [0.05, 0.1) is 56.5 Å². The molecule has 21 rings (SSSR count). The molecule has 0 N–H and O–H groups in total. The van der Waals surface area contributed by atoms with Gasteiger partial charge in [0.1, 0.15) is 0 Å². The summed E-state index contributed by atoms with van der Waals surface area (Å²) in [4.78, 5) is 15.9. The second-order valence-electron chi connectivity index (χ2n) is 47.3. The minimum absolute atomic E-state index is 0.152. The van der Waals surface area contributed by atoms with Crippen LogP contribution in [0.4, 0.5) is 102 Å². The van der Waals surface area contributed by atoms with Gasteiger partial charge in [-0.3, -0.25) is 0 Å². The highest BCUT2D eigenvalue weighted by atomic mass is 28.3. The quantitative estimate of drug-likeness (QED) is 0.0704. The summed E-state index contributed by atoms with van der Waals surface area (Å²) < 4.78 is 0. The molecule has 6 heterocycles. The third-order valence-electron chi connectivity index (χ3n) is 30.5. The molecular weight excluding hydrogens is 1730 g/mol. The second kappa shape index (κ2) is 31.4. The average Bonchev–Trinajstić information content (AvgIpc) is 0.690. The molecule has 0 radical (unpaired) electrons. The van der Waals surface area contributed by atoms with Gasteiger partial charge in [0.15, 0.2) is 0 Å². The molecule has 16 heteroatoms. The molecule has 6 aliphatic heterocycles. The zero-order chi connectivity index (χ0) is 94.4. The van der Waals surface area contributed by atoms with E-state index in [9.17, 15) is 0 Å². The third kappa shape index (κ3) is 14.8. The Bertz CT molecular complexity index is 7250.